The molecule has 4 nitrogen and oxygen atoms in total. The molecule has 0 bridgehead atoms. The van der Waals surface area contributed by atoms with E-state index in [0.717, 1.165) is 41.0 Å². The summed E-state index contributed by atoms with van der Waals surface area (Å²) in [5.74, 6) is 0. The van der Waals surface area contributed by atoms with Gasteiger partial charge in [0.15, 0.2) is 0 Å². The summed E-state index contributed by atoms with van der Waals surface area (Å²) < 4.78 is 0. The van der Waals surface area contributed by atoms with Crippen LogP contribution in [0.2, 0.25) is 0 Å². The Morgan fingerprint density at radius 1 is 1.17 bits per heavy atom. The molecule has 1 aliphatic rings. The molecule has 3 aromatic rings. The number of nitrogens with one attached hydrogen (secondary N) is 2. The van der Waals surface area contributed by atoms with Crippen molar-refractivity contribution in [3.05, 3.63) is 64.8 Å². The number of carbonyl (C=O) groups is 1. The highest BCUT2D eigenvalue weighted by Crippen LogP contribution is 2.28. The van der Waals surface area contributed by atoms with Gasteiger partial charge in [-0.15, -0.1) is 0 Å². The van der Waals surface area contributed by atoms with Gasteiger partial charge in [0.25, 0.3) is 0 Å². The average molecular weight is 319 g/mol. The Hall–Kier alpha value is -2.75. The van der Waals surface area contributed by atoms with E-state index < -0.39 is 0 Å². The summed E-state index contributed by atoms with van der Waals surface area (Å²) in [7, 11) is 0. The summed E-state index contributed by atoms with van der Waals surface area (Å²) in [4.78, 5) is 18.0. The first-order valence-corrected chi connectivity index (χ1v) is 8.33. The fourth-order valence-electron chi connectivity index (χ4n) is 3.43. The lowest BCUT2D eigenvalue weighted by Crippen LogP contribution is -2.38. The van der Waals surface area contributed by atoms with Crippen molar-refractivity contribution in [2.45, 2.75) is 26.8 Å². The predicted octanol–water partition coefficient (Wildman–Crippen LogP) is 4.37. The number of para-hydroxylation sites is 1. The van der Waals surface area contributed by atoms with Gasteiger partial charge in [-0.05, 0) is 49.1 Å². The molecule has 2 N–H and O–H groups in total. The number of aryl methyl sites for hydroxylation is 2. The zero-order valence-electron chi connectivity index (χ0n) is 14.0. The molecule has 0 spiro atoms. The molecule has 0 unspecified atom stereocenters. The van der Waals surface area contributed by atoms with Gasteiger partial charge in [0, 0.05) is 28.8 Å². The monoisotopic (exact) mass is 319 g/mol. The van der Waals surface area contributed by atoms with Crippen molar-refractivity contribution < 1.29 is 4.79 Å². The summed E-state index contributed by atoms with van der Waals surface area (Å²) in [5, 5.41) is 4.34. The van der Waals surface area contributed by atoms with Gasteiger partial charge in [-0.2, -0.15) is 0 Å². The number of H-pyrrole nitrogens is 1. The minimum absolute atomic E-state index is 0.0343. The maximum atomic E-state index is 12.7. The minimum atomic E-state index is -0.0343. The van der Waals surface area contributed by atoms with E-state index >= 15 is 0 Å². The maximum absolute atomic E-state index is 12.7. The Bertz CT molecular complexity index is 926. The molecule has 4 heteroatoms. The second kappa shape index (κ2) is 5.71. The topological polar surface area (TPSA) is 48.1 Å². The largest absolute Gasteiger partial charge is 0.357 e. The van der Waals surface area contributed by atoms with Crippen molar-refractivity contribution in [3.8, 4) is 0 Å². The zero-order chi connectivity index (χ0) is 16.7. The number of hydrogen-bond donors (Lipinski definition) is 2. The number of anilines is 1. The number of urea groups is 1. The Morgan fingerprint density at radius 2 is 2.00 bits per heavy atom. The van der Waals surface area contributed by atoms with Crippen molar-refractivity contribution in [1.82, 2.24) is 9.88 Å². The van der Waals surface area contributed by atoms with Crippen LogP contribution in [0.15, 0.2) is 42.5 Å². The molecule has 0 radical (unpaired) electrons. The van der Waals surface area contributed by atoms with E-state index in [1.807, 2.05) is 36.9 Å². The van der Waals surface area contributed by atoms with Crippen LogP contribution in [-0.2, 0) is 13.0 Å². The summed E-state index contributed by atoms with van der Waals surface area (Å²) in [6.45, 7) is 5.42. The Morgan fingerprint density at radius 3 is 2.88 bits per heavy atom. The molecule has 0 atom stereocenters. The summed E-state index contributed by atoms with van der Waals surface area (Å²) in [5.41, 5.74) is 6.77. The Kier molecular flexibility index (Phi) is 3.53. The third-order valence-electron chi connectivity index (χ3n) is 4.80. The molecule has 1 aromatic heterocycles. The molecule has 2 heterocycles. The second-order valence-corrected chi connectivity index (χ2v) is 6.55. The predicted molar refractivity (Wildman–Crippen MR) is 97.3 cm³/mol. The van der Waals surface area contributed by atoms with Crippen LogP contribution in [0.3, 0.4) is 0 Å². The van der Waals surface area contributed by atoms with Gasteiger partial charge in [0.1, 0.15) is 0 Å². The maximum Gasteiger partial charge on any atom is 0.322 e. The SMILES string of the molecule is Cc1ccc(C)c(NC(=O)N2CCc3c([nH]c4ccccc34)C2)c1. The molecule has 1 aliphatic heterocycles. The van der Waals surface area contributed by atoms with Crippen molar-refractivity contribution >= 4 is 22.6 Å². The Labute approximate surface area is 141 Å². The van der Waals surface area contributed by atoms with Gasteiger partial charge in [0.2, 0.25) is 0 Å². The first kappa shape index (κ1) is 14.8. The molecule has 122 valence electrons. The highest BCUT2D eigenvalue weighted by Gasteiger charge is 2.24. The van der Waals surface area contributed by atoms with Crippen LogP contribution in [-0.4, -0.2) is 22.5 Å². The lowest BCUT2D eigenvalue weighted by atomic mass is 10.0. The number of aromatic amines is 1. The number of nitrogens with zero attached hydrogens (tertiary/aromatic N) is 1. The number of rotatable bonds is 1. The number of fused-ring (bicyclic) bond motifs is 3. The van der Waals surface area contributed by atoms with Crippen molar-refractivity contribution in [3.63, 3.8) is 0 Å². The molecule has 2 amide bonds. The zero-order valence-corrected chi connectivity index (χ0v) is 14.0. The third-order valence-corrected chi connectivity index (χ3v) is 4.80. The first-order valence-electron chi connectivity index (χ1n) is 8.33. The van der Waals surface area contributed by atoms with Crippen LogP contribution in [0.5, 0.6) is 0 Å². The lowest BCUT2D eigenvalue weighted by Gasteiger charge is -2.27. The van der Waals surface area contributed by atoms with E-state index in [4.69, 9.17) is 0 Å². The van der Waals surface area contributed by atoms with E-state index in [1.165, 1.54) is 10.9 Å². The van der Waals surface area contributed by atoms with Gasteiger partial charge < -0.3 is 15.2 Å². The van der Waals surface area contributed by atoms with Crippen molar-refractivity contribution in [2.24, 2.45) is 0 Å². The van der Waals surface area contributed by atoms with Crippen molar-refractivity contribution in [1.29, 1.82) is 0 Å². The van der Waals surface area contributed by atoms with E-state index in [2.05, 4.69) is 34.6 Å². The molecule has 0 aliphatic carbocycles. The second-order valence-electron chi connectivity index (χ2n) is 6.55. The molecule has 2 aromatic carbocycles. The van der Waals surface area contributed by atoms with Gasteiger partial charge in [0.05, 0.1) is 6.54 Å². The molecular weight excluding hydrogens is 298 g/mol. The van der Waals surface area contributed by atoms with Gasteiger partial charge in [-0.1, -0.05) is 30.3 Å². The van der Waals surface area contributed by atoms with E-state index in [1.54, 1.807) is 0 Å². The van der Waals surface area contributed by atoms with Gasteiger partial charge in [-0.3, -0.25) is 0 Å². The number of amides is 2. The number of carbonyl (C=O) groups excluding carboxylic acids is 1. The molecule has 0 saturated heterocycles. The van der Waals surface area contributed by atoms with Crippen LogP contribution >= 0.6 is 0 Å². The Balaban J connectivity index is 1.56. The minimum Gasteiger partial charge on any atom is -0.357 e. The van der Waals surface area contributed by atoms with Gasteiger partial charge in [-0.25, -0.2) is 4.79 Å². The van der Waals surface area contributed by atoms with E-state index in [0.29, 0.717) is 6.54 Å². The summed E-state index contributed by atoms with van der Waals surface area (Å²) in [6, 6.07) is 14.4. The molecule has 0 saturated carbocycles. The summed E-state index contributed by atoms with van der Waals surface area (Å²) >= 11 is 0. The van der Waals surface area contributed by atoms with Crippen LogP contribution in [0.1, 0.15) is 22.4 Å². The van der Waals surface area contributed by atoms with Gasteiger partial charge >= 0.3 is 6.03 Å². The fourth-order valence-corrected chi connectivity index (χ4v) is 3.43. The first-order chi connectivity index (χ1) is 11.6. The molecular formula is C20H21N3O. The standard InChI is InChI=1S/C20H21N3O/c1-13-7-8-14(2)18(11-13)22-20(24)23-10-9-16-15-5-3-4-6-17(15)21-19(16)12-23/h3-8,11,21H,9-10,12H2,1-2H3,(H,22,24). The van der Waals surface area contributed by atoms with Crippen LogP contribution in [0, 0.1) is 13.8 Å². The van der Waals surface area contributed by atoms with Crippen LogP contribution in [0.4, 0.5) is 10.5 Å². The highest BCUT2D eigenvalue weighted by molar-refractivity contribution is 5.91. The number of aromatic nitrogens is 1. The van der Waals surface area contributed by atoms with E-state index in [-0.39, 0.29) is 6.03 Å². The number of benzene rings is 2. The molecule has 24 heavy (non-hydrogen) atoms. The average Bonchev–Trinajstić information content (AvgIpc) is 2.95. The smallest absolute Gasteiger partial charge is 0.322 e. The molecule has 4 rings (SSSR count). The quantitative estimate of drug-likeness (QED) is 0.687. The fraction of sp³-hybridized carbons (Fsp3) is 0.250. The molecule has 0 fully saturated rings. The van der Waals surface area contributed by atoms with Crippen LogP contribution in [0.25, 0.3) is 10.9 Å². The van der Waals surface area contributed by atoms with Crippen LogP contribution < -0.4 is 5.32 Å². The van der Waals surface area contributed by atoms with Crippen molar-refractivity contribution in [2.75, 3.05) is 11.9 Å². The highest BCUT2D eigenvalue weighted by atomic mass is 16.2. The summed E-state index contributed by atoms with van der Waals surface area (Å²) in [6.07, 6.45) is 0.888. The van der Waals surface area contributed by atoms with E-state index in [9.17, 15) is 4.79 Å². The normalized spacial score (nSPS) is 13.8. The third kappa shape index (κ3) is 2.54. The number of hydrogen-bond acceptors (Lipinski definition) is 1. The lowest BCUT2D eigenvalue weighted by molar-refractivity contribution is 0.206.